The number of hydrogen-bond acceptors (Lipinski definition) is 3. The van der Waals surface area contributed by atoms with Crippen molar-refractivity contribution < 1.29 is 14.3 Å². The number of nitrogens with zero attached hydrogens (tertiary/aromatic N) is 2. The van der Waals surface area contributed by atoms with E-state index in [0.29, 0.717) is 18.3 Å². The lowest BCUT2D eigenvalue weighted by molar-refractivity contribution is -0.134. The van der Waals surface area contributed by atoms with E-state index in [9.17, 15) is 4.79 Å². The number of ether oxygens (including phenoxy) is 2. The van der Waals surface area contributed by atoms with Crippen LogP contribution in [0.25, 0.3) is 0 Å². The Morgan fingerprint density at radius 1 is 1.22 bits per heavy atom. The van der Waals surface area contributed by atoms with Crippen molar-refractivity contribution in [2.24, 2.45) is 7.05 Å². The molecule has 0 unspecified atom stereocenters. The van der Waals surface area contributed by atoms with Crippen LogP contribution in [0, 0.1) is 0 Å². The monoisotopic (exact) mass is 314 g/mol. The summed E-state index contributed by atoms with van der Waals surface area (Å²) in [6, 6.07) is 11.7. The number of aromatic nitrogens is 1. The van der Waals surface area contributed by atoms with Crippen LogP contribution in [0.5, 0.6) is 11.5 Å². The number of methoxy groups -OCH3 is 1. The fourth-order valence-corrected chi connectivity index (χ4v) is 2.54. The summed E-state index contributed by atoms with van der Waals surface area (Å²) in [6.07, 6.45) is 4.16. The second kappa shape index (κ2) is 6.77. The maximum atomic E-state index is 12.5. The normalized spacial score (nSPS) is 13.7. The Hall–Kier alpha value is -2.43. The van der Waals surface area contributed by atoms with Gasteiger partial charge in [-0.3, -0.25) is 4.79 Å². The number of amides is 1. The molecular weight excluding hydrogens is 292 g/mol. The Bertz CT molecular complexity index is 659. The fourth-order valence-electron chi connectivity index (χ4n) is 2.54. The molecule has 2 aromatic rings. The van der Waals surface area contributed by atoms with Crippen molar-refractivity contribution in [2.75, 3.05) is 13.7 Å². The van der Waals surface area contributed by atoms with E-state index < -0.39 is 0 Å². The van der Waals surface area contributed by atoms with Gasteiger partial charge in [-0.25, -0.2) is 0 Å². The molecule has 1 aromatic carbocycles. The zero-order valence-corrected chi connectivity index (χ0v) is 13.6. The summed E-state index contributed by atoms with van der Waals surface area (Å²) < 4.78 is 12.8. The molecule has 0 aliphatic heterocycles. The molecule has 0 saturated heterocycles. The van der Waals surface area contributed by atoms with Gasteiger partial charge in [-0.1, -0.05) is 0 Å². The minimum absolute atomic E-state index is 0.0320. The van der Waals surface area contributed by atoms with E-state index in [0.717, 1.165) is 24.3 Å². The lowest BCUT2D eigenvalue weighted by Gasteiger charge is -2.23. The molecule has 1 aliphatic rings. The average Bonchev–Trinajstić information content (AvgIpc) is 3.33. The van der Waals surface area contributed by atoms with Crippen molar-refractivity contribution in [1.29, 1.82) is 0 Å². The molecule has 23 heavy (non-hydrogen) atoms. The highest BCUT2D eigenvalue weighted by Gasteiger charge is 2.33. The van der Waals surface area contributed by atoms with E-state index in [4.69, 9.17) is 9.47 Å². The Labute approximate surface area is 136 Å². The molecule has 0 N–H and O–H groups in total. The summed E-state index contributed by atoms with van der Waals surface area (Å²) >= 11 is 0. The Balaban J connectivity index is 1.59. The third kappa shape index (κ3) is 3.86. The Kier molecular flexibility index (Phi) is 4.55. The number of hydrogen-bond donors (Lipinski definition) is 0. The van der Waals surface area contributed by atoms with Crippen LogP contribution in [0.3, 0.4) is 0 Å². The van der Waals surface area contributed by atoms with Gasteiger partial charge in [-0.2, -0.15) is 0 Å². The molecule has 1 saturated carbocycles. The molecule has 1 fully saturated rings. The first kappa shape index (κ1) is 15.5. The maximum Gasteiger partial charge on any atom is 0.261 e. The van der Waals surface area contributed by atoms with Crippen molar-refractivity contribution in [1.82, 2.24) is 9.47 Å². The summed E-state index contributed by atoms with van der Waals surface area (Å²) in [4.78, 5) is 14.5. The van der Waals surface area contributed by atoms with E-state index in [2.05, 4.69) is 0 Å². The molecule has 0 bridgehead atoms. The Morgan fingerprint density at radius 3 is 2.48 bits per heavy atom. The molecule has 5 nitrogen and oxygen atoms in total. The highest BCUT2D eigenvalue weighted by Crippen LogP contribution is 2.28. The van der Waals surface area contributed by atoms with Crippen LogP contribution in [0.4, 0.5) is 0 Å². The summed E-state index contributed by atoms with van der Waals surface area (Å²) in [6.45, 7) is 0.701. The Morgan fingerprint density at radius 2 is 1.91 bits per heavy atom. The smallest absolute Gasteiger partial charge is 0.261 e. The zero-order valence-electron chi connectivity index (χ0n) is 13.6. The molecule has 0 radical (unpaired) electrons. The van der Waals surface area contributed by atoms with E-state index in [1.165, 1.54) is 0 Å². The van der Waals surface area contributed by atoms with Crippen molar-refractivity contribution in [3.8, 4) is 11.5 Å². The van der Waals surface area contributed by atoms with Gasteiger partial charge in [0.25, 0.3) is 5.91 Å². The minimum atomic E-state index is 0.0320. The second-order valence-corrected chi connectivity index (χ2v) is 5.83. The number of carbonyl (C=O) groups excluding carboxylic acids is 1. The molecule has 0 spiro atoms. The third-order valence-electron chi connectivity index (χ3n) is 4.11. The topological polar surface area (TPSA) is 43.7 Å². The zero-order chi connectivity index (χ0) is 16.2. The molecule has 5 heteroatoms. The highest BCUT2D eigenvalue weighted by atomic mass is 16.5. The first-order valence-corrected chi connectivity index (χ1v) is 7.84. The lowest BCUT2D eigenvalue weighted by atomic mass is 10.3. The fraction of sp³-hybridized carbons (Fsp3) is 0.389. The molecule has 1 aliphatic carbocycles. The van der Waals surface area contributed by atoms with Gasteiger partial charge in [-0.05, 0) is 49.2 Å². The predicted molar refractivity (Wildman–Crippen MR) is 87.5 cm³/mol. The number of carbonyl (C=O) groups is 1. The quantitative estimate of drug-likeness (QED) is 0.789. The molecule has 3 rings (SSSR count). The van der Waals surface area contributed by atoms with Gasteiger partial charge < -0.3 is 18.9 Å². The van der Waals surface area contributed by atoms with Gasteiger partial charge >= 0.3 is 0 Å². The standard InChI is InChI=1S/C18H22N2O3/c1-19-11-3-4-15(19)12-20(14-5-6-14)18(21)13-23-17-9-7-16(22-2)8-10-17/h3-4,7-11,14H,5-6,12-13H2,1-2H3. The maximum absolute atomic E-state index is 12.5. The van der Waals surface area contributed by atoms with Gasteiger partial charge in [0.2, 0.25) is 0 Å². The SMILES string of the molecule is COc1ccc(OCC(=O)N(Cc2cccn2C)C2CC2)cc1. The van der Waals surface area contributed by atoms with Crippen molar-refractivity contribution in [3.63, 3.8) is 0 Å². The predicted octanol–water partition coefficient (Wildman–Crippen LogP) is 2.60. The van der Waals surface area contributed by atoms with Crippen molar-refractivity contribution in [3.05, 3.63) is 48.3 Å². The first-order valence-electron chi connectivity index (χ1n) is 7.84. The van der Waals surface area contributed by atoms with Gasteiger partial charge in [-0.15, -0.1) is 0 Å². The largest absolute Gasteiger partial charge is 0.497 e. The lowest BCUT2D eigenvalue weighted by Crippen LogP contribution is -2.36. The van der Waals surface area contributed by atoms with Crippen LogP contribution < -0.4 is 9.47 Å². The van der Waals surface area contributed by atoms with Crippen LogP contribution in [0.2, 0.25) is 0 Å². The van der Waals surface area contributed by atoms with Crippen molar-refractivity contribution >= 4 is 5.91 Å². The highest BCUT2D eigenvalue weighted by molar-refractivity contribution is 5.78. The van der Waals surface area contributed by atoms with Gasteiger partial charge in [0.05, 0.1) is 13.7 Å². The summed E-state index contributed by atoms with van der Waals surface area (Å²) in [5.41, 5.74) is 1.13. The van der Waals surface area contributed by atoms with Crippen LogP contribution in [-0.2, 0) is 18.4 Å². The molecular formula is C18H22N2O3. The molecule has 1 aromatic heterocycles. The van der Waals surface area contributed by atoms with Crippen LogP contribution in [0.1, 0.15) is 18.5 Å². The van der Waals surface area contributed by atoms with Gasteiger partial charge in [0.15, 0.2) is 6.61 Å². The molecule has 122 valence electrons. The number of benzene rings is 1. The molecule has 1 heterocycles. The summed E-state index contributed by atoms with van der Waals surface area (Å²) in [5, 5.41) is 0. The van der Waals surface area contributed by atoms with Crippen LogP contribution >= 0.6 is 0 Å². The van der Waals surface area contributed by atoms with Gasteiger partial charge in [0, 0.05) is 25.0 Å². The first-order chi connectivity index (χ1) is 11.2. The molecule has 1 amide bonds. The number of rotatable bonds is 7. The second-order valence-electron chi connectivity index (χ2n) is 5.83. The average molecular weight is 314 g/mol. The van der Waals surface area contributed by atoms with Crippen LogP contribution in [-0.4, -0.2) is 35.1 Å². The van der Waals surface area contributed by atoms with Crippen LogP contribution in [0.15, 0.2) is 42.6 Å². The summed E-state index contributed by atoms with van der Waals surface area (Å²) in [7, 11) is 3.62. The van der Waals surface area contributed by atoms with E-state index in [-0.39, 0.29) is 12.5 Å². The van der Waals surface area contributed by atoms with Gasteiger partial charge in [0.1, 0.15) is 11.5 Å². The summed E-state index contributed by atoms with van der Waals surface area (Å²) in [5.74, 6) is 1.48. The molecule has 0 atom stereocenters. The third-order valence-corrected chi connectivity index (χ3v) is 4.11. The van der Waals surface area contributed by atoms with E-state index in [1.54, 1.807) is 7.11 Å². The van der Waals surface area contributed by atoms with Crippen molar-refractivity contribution in [2.45, 2.75) is 25.4 Å². The minimum Gasteiger partial charge on any atom is -0.497 e. The van der Waals surface area contributed by atoms with E-state index >= 15 is 0 Å². The van der Waals surface area contributed by atoms with E-state index in [1.807, 2.05) is 59.1 Å². The number of aryl methyl sites for hydroxylation is 1.